The Bertz CT molecular complexity index is 1150. The molecule has 0 N–H and O–H groups in total. The van der Waals surface area contributed by atoms with Crippen molar-refractivity contribution in [2.75, 3.05) is 32.1 Å². The molecule has 4 rings (SSSR count). The maximum absolute atomic E-state index is 11.6. The van der Waals surface area contributed by atoms with Crippen LogP contribution in [0.5, 0.6) is 5.75 Å². The SMILES string of the molecule is COC(=O)c1ccc(COc2cccc(/C=C/C3=NCCN(C)c4ccccc43)c2)cc1. The molecule has 1 aliphatic heterocycles. The van der Waals surface area contributed by atoms with E-state index in [1.165, 1.54) is 12.8 Å². The van der Waals surface area contributed by atoms with Gasteiger partial charge in [0, 0.05) is 24.8 Å². The van der Waals surface area contributed by atoms with Crippen molar-refractivity contribution in [2.24, 2.45) is 4.99 Å². The monoisotopic (exact) mass is 426 g/mol. The first-order valence-corrected chi connectivity index (χ1v) is 10.6. The minimum atomic E-state index is -0.343. The summed E-state index contributed by atoms with van der Waals surface area (Å²) >= 11 is 0. The zero-order chi connectivity index (χ0) is 22.3. The van der Waals surface area contributed by atoms with Crippen LogP contribution in [0.25, 0.3) is 6.08 Å². The van der Waals surface area contributed by atoms with Crippen LogP contribution in [0.3, 0.4) is 0 Å². The van der Waals surface area contributed by atoms with Gasteiger partial charge in [-0.1, -0.05) is 48.5 Å². The Hall–Kier alpha value is -3.86. The molecule has 5 heteroatoms. The molecule has 3 aromatic rings. The number of esters is 1. The molecule has 0 unspecified atom stereocenters. The molecule has 0 atom stereocenters. The Morgan fingerprint density at radius 3 is 2.66 bits per heavy atom. The summed E-state index contributed by atoms with van der Waals surface area (Å²) in [6, 6.07) is 23.6. The van der Waals surface area contributed by atoms with Gasteiger partial charge < -0.3 is 14.4 Å². The summed E-state index contributed by atoms with van der Waals surface area (Å²) < 4.78 is 10.7. The van der Waals surface area contributed by atoms with Crippen LogP contribution >= 0.6 is 0 Å². The fraction of sp³-hybridized carbons (Fsp3) is 0.185. The van der Waals surface area contributed by atoms with E-state index in [1.54, 1.807) is 12.1 Å². The van der Waals surface area contributed by atoms with E-state index in [1.807, 2.05) is 42.5 Å². The van der Waals surface area contributed by atoms with Crippen molar-refractivity contribution in [3.05, 3.63) is 101 Å². The van der Waals surface area contributed by atoms with Gasteiger partial charge in [-0.2, -0.15) is 0 Å². The molecule has 0 aromatic heterocycles. The van der Waals surface area contributed by atoms with Crippen molar-refractivity contribution in [1.29, 1.82) is 0 Å². The van der Waals surface area contributed by atoms with Crippen LogP contribution in [0.1, 0.15) is 27.0 Å². The smallest absolute Gasteiger partial charge is 0.337 e. The van der Waals surface area contributed by atoms with E-state index in [9.17, 15) is 4.79 Å². The molecule has 3 aromatic carbocycles. The van der Waals surface area contributed by atoms with Gasteiger partial charge in [-0.05, 0) is 47.5 Å². The molecule has 1 heterocycles. The fourth-order valence-corrected chi connectivity index (χ4v) is 3.60. The van der Waals surface area contributed by atoms with E-state index in [4.69, 9.17) is 14.5 Å². The van der Waals surface area contributed by atoms with Crippen LogP contribution in [0, 0.1) is 0 Å². The summed E-state index contributed by atoms with van der Waals surface area (Å²) in [7, 11) is 3.48. The average Bonchev–Trinajstić information content (AvgIpc) is 3.00. The molecule has 0 bridgehead atoms. The maximum Gasteiger partial charge on any atom is 0.337 e. The van der Waals surface area contributed by atoms with Crippen molar-refractivity contribution in [3.8, 4) is 5.75 Å². The van der Waals surface area contributed by atoms with Crippen LogP contribution < -0.4 is 9.64 Å². The molecular weight excluding hydrogens is 400 g/mol. The number of carbonyl (C=O) groups is 1. The Labute approximate surface area is 188 Å². The lowest BCUT2D eigenvalue weighted by atomic mass is 10.1. The molecule has 0 saturated heterocycles. The number of benzene rings is 3. The number of methoxy groups -OCH3 is 1. The summed E-state index contributed by atoms with van der Waals surface area (Å²) in [6.07, 6.45) is 4.14. The molecule has 0 amide bonds. The van der Waals surface area contributed by atoms with Gasteiger partial charge in [-0.15, -0.1) is 0 Å². The second-order valence-electron chi connectivity index (χ2n) is 7.59. The van der Waals surface area contributed by atoms with E-state index in [2.05, 4.69) is 42.3 Å². The van der Waals surface area contributed by atoms with Gasteiger partial charge in [0.2, 0.25) is 0 Å². The number of hydrogen-bond acceptors (Lipinski definition) is 5. The highest BCUT2D eigenvalue weighted by molar-refractivity contribution is 6.14. The van der Waals surface area contributed by atoms with Gasteiger partial charge in [-0.25, -0.2) is 4.79 Å². The number of likely N-dealkylation sites (N-methyl/N-ethyl adjacent to an activating group) is 1. The quantitative estimate of drug-likeness (QED) is 0.520. The van der Waals surface area contributed by atoms with Crippen LogP contribution in [-0.4, -0.2) is 38.9 Å². The predicted octanol–water partition coefficient (Wildman–Crippen LogP) is 5.00. The third-order valence-electron chi connectivity index (χ3n) is 5.38. The summed E-state index contributed by atoms with van der Waals surface area (Å²) in [4.78, 5) is 18.6. The third kappa shape index (κ3) is 5.06. The summed E-state index contributed by atoms with van der Waals surface area (Å²) in [6.45, 7) is 2.09. The van der Waals surface area contributed by atoms with E-state index in [-0.39, 0.29) is 5.97 Å². The van der Waals surface area contributed by atoms with Gasteiger partial charge in [0.1, 0.15) is 12.4 Å². The normalized spacial score (nSPS) is 13.3. The van der Waals surface area contributed by atoms with E-state index < -0.39 is 0 Å². The zero-order valence-corrected chi connectivity index (χ0v) is 18.3. The van der Waals surface area contributed by atoms with Crippen molar-refractivity contribution < 1.29 is 14.3 Å². The number of ether oxygens (including phenoxy) is 2. The minimum absolute atomic E-state index is 0.343. The minimum Gasteiger partial charge on any atom is -0.489 e. The van der Waals surface area contributed by atoms with Crippen molar-refractivity contribution in [2.45, 2.75) is 6.61 Å². The topological polar surface area (TPSA) is 51.1 Å². The highest BCUT2D eigenvalue weighted by Gasteiger charge is 2.13. The number of nitrogens with zero attached hydrogens (tertiary/aromatic N) is 2. The standard InChI is InChI=1S/C27H26N2O3/c1-29-17-16-28-25(24-8-3-4-9-26(24)29)15-12-20-6-5-7-23(18-20)32-19-21-10-13-22(14-11-21)27(30)31-2/h3-15,18H,16-17,19H2,1-2H3/b15-12+. The van der Waals surface area contributed by atoms with Crippen LogP contribution in [0.15, 0.2) is 83.9 Å². The lowest BCUT2D eigenvalue weighted by molar-refractivity contribution is 0.0600. The molecule has 0 radical (unpaired) electrons. The van der Waals surface area contributed by atoms with Gasteiger partial charge in [0.25, 0.3) is 0 Å². The zero-order valence-electron chi connectivity index (χ0n) is 18.3. The van der Waals surface area contributed by atoms with Crippen molar-refractivity contribution in [1.82, 2.24) is 0 Å². The number of para-hydroxylation sites is 1. The van der Waals surface area contributed by atoms with Gasteiger partial charge in [-0.3, -0.25) is 4.99 Å². The molecule has 32 heavy (non-hydrogen) atoms. The van der Waals surface area contributed by atoms with Gasteiger partial charge in [0.05, 0.1) is 24.9 Å². The van der Waals surface area contributed by atoms with Crippen LogP contribution in [-0.2, 0) is 11.3 Å². The Morgan fingerprint density at radius 2 is 1.84 bits per heavy atom. The van der Waals surface area contributed by atoms with Crippen molar-refractivity contribution >= 4 is 23.4 Å². The summed E-state index contributed by atoms with van der Waals surface area (Å²) in [5.74, 6) is 0.441. The van der Waals surface area contributed by atoms with Crippen molar-refractivity contribution in [3.63, 3.8) is 0 Å². The number of fused-ring (bicyclic) bond motifs is 1. The first-order valence-electron chi connectivity index (χ1n) is 10.6. The molecule has 162 valence electrons. The molecule has 0 spiro atoms. The first kappa shape index (κ1) is 21.4. The first-order chi connectivity index (χ1) is 15.6. The third-order valence-corrected chi connectivity index (χ3v) is 5.38. The molecule has 1 aliphatic rings. The van der Waals surface area contributed by atoms with Gasteiger partial charge >= 0.3 is 5.97 Å². The molecule has 0 fully saturated rings. The number of hydrogen-bond donors (Lipinski definition) is 0. The summed E-state index contributed by atoms with van der Waals surface area (Å²) in [5.41, 5.74) is 5.88. The maximum atomic E-state index is 11.6. The second kappa shape index (κ2) is 9.96. The highest BCUT2D eigenvalue weighted by Crippen LogP contribution is 2.23. The molecule has 5 nitrogen and oxygen atoms in total. The number of aliphatic imine (C=N–C) groups is 1. The predicted molar refractivity (Wildman–Crippen MR) is 129 cm³/mol. The summed E-state index contributed by atoms with van der Waals surface area (Å²) in [5, 5.41) is 0. The number of allylic oxidation sites excluding steroid dienone is 1. The van der Waals surface area contributed by atoms with Gasteiger partial charge in [0.15, 0.2) is 0 Å². The van der Waals surface area contributed by atoms with E-state index >= 15 is 0 Å². The lowest BCUT2D eigenvalue weighted by Crippen LogP contribution is -2.20. The molecular formula is C27H26N2O3. The van der Waals surface area contributed by atoms with Crippen LogP contribution in [0.2, 0.25) is 0 Å². The number of benzodiazepines with no additional fused rings is 1. The Morgan fingerprint density at radius 1 is 1.03 bits per heavy atom. The molecule has 0 saturated carbocycles. The Kier molecular flexibility index (Phi) is 6.66. The van der Waals surface area contributed by atoms with Crippen LogP contribution in [0.4, 0.5) is 5.69 Å². The lowest BCUT2D eigenvalue weighted by Gasteiger charge is -2.18. The van der Waals surface area contributed by atoms with E-state index in [0.717, 1.165) is 41.2 Å². The highest BCUT2D eigenvalue weighted by atomic mass is 16.5. The number of carbonyl (C=O) groups excluding carboxylic acids is 1. The molecule has 0 aliphatic carbocycles. The average molecular weight is 427 g/mol. The Balaban J connectivity index is 1.44. The second-order valence-corrected chi connectivity index (χ2v) is 7.59. The van der Waals surface area contributed by atoms with E-state index in [0.29, 0.717) is 12.2 Å². The number of anilines is 1. The largest absolute Gasteiger partial charge is 0.489 e. The fourth-order valence-electron chi connectivity index (χ4n) is 3.60. The number of rotatable bonds is 6.